The molecule has 0 atom stereocenters. The minimum atomic E-state index is 0. The van der Waals surface area contributed by atoms with Crippen molar-refractivity contribution in [1.82, 2.24) is 4.98 Å². The van der Waals surface area contributed by atoms with Gasteiger partial charge in [-0.1, -0.05) is 43.3 Å². The molecule has 3 aromatic carbocycles. The van der Waals surface area contributed by atoms with E-state index in [0.29, 0.717) is 0 Å². The topological polar surface area (TPSA) is 54.5 Å². The van der Waals surface area contributed by atoms with Crippen molar-refractivity contribution < 1.29 is 30.0 Å². The fourth-order valence-corrected chi connectivity index (χ4v) is 3.32. The number of nitrogens with zero attached hydrogens (tertiary/aromatic N) is 1. The SMILES string of the molecule is CC(=[OH+])/C=C(/C)O.CCc1cc[c-]c(-c2nccc3c2ccc2ccccc23)c1.[Ir]. The van der Waals surface area contributed by atoms with Gasteiger partial charge in [-0.2, -0.15) is 0 Å². The molecule has 0 saturated heterocycles. The number of aliphatic hydroxyl groups excluding tert-OH is 1. The van der Waals surface area contributed by atoms with Gasteiger partial charge in [0.1, 0.15) is 0 Å². The smallest absolute Gasteiger partial charge is 0.316 e. The zero-order chi connectivity index (χ0) is 20.8. The molecule has 0 aliphatic carbocycles. The fourth-order valence-electron chi connectivity index (χ4n) is 3.32. The van der Waals surface area contributed by atoms with Crippen LogP contribution in [0.5, 0.6) is 0 Å². The Kier molecular flexibility index (Phi) is 8.46. The molecule has 0 saturated carbocycles. The van der Waals surface area contributed by atoms with Gasteiger partial charge in [0.2, 0.25) is 0 Å². The molecule has 4 heteroatoms. The molecule has 0 fully saturated rings. The van der Waals surface area contributed by atoms with Crippen LogP contribution in [0.4, 0.5) is 0 Å². The van der Waals surface area contributed by atoms with Gasteiger partial charge in [0.15, 0.2) is 0 Å². The summed E-state index contributed by atoms with van der Waals surface area (Å²) in [6, 6.07) is 24.6. The quantitative estimate of drug-likeness (QED) is 0.101. The van der Waals surface area contributed by atoms with E-state index in [2.05, 4.69) is 72.6 Å². The Morgan fingerprint density at radius 2 is 1.80 bits per heavy atom. The van der Waals surface area contributed by atoms with Gasteiger partial charge in [-0.05, 0) is 46.6 Å². The molecule has 0 aliphatic heterocycles. The predicted molar refractivity (Wildman–Crippen MR) is 122 cm³/mol. The molecule has 1 radical (unpaired) electrons. The number of rotatable bonds is 3. The second-order valence-corrected chi connectivity index (χ2v) is 6.93. The Bertz CT molecular complexity index is 1190. The maximum absolute atomic E-state index is 8.40. The van der Waals surface area contributed by atoms with Crippen LogP contribution in [0.1, 0.15) is 26.3 Å². The summed E-state index contributed by atoms with van der Waals surface area (Å²) in [4.78, 5) is 13.0. The van der Waals surface area contributed by atoms with Gasteiger partial charge < -0.3 is 10.1 Å². The summed E-state index contributed by atoms with van der Waals surface area (Å²) in [5.74, 6) is 0.250. The summed E-state index contributed by atoms with van der Waals surface area (Å²) < 4.78 is 0. The standard InChI is InChI=1S/C21H16N.C5H8O2.Ir/c1-2-15-6-5-8-17(14-15)21-20-11-10-16-7-3-4-9-18(16)19(20)12-13-22-21;1-4(6)3-5(2)7;/h3-7,9-14H,2H2,1H3;3,6H,1-2H3;/q-1;;/p+1/b;4-3-;. The number of aromatic nitrogens is 1. The minimum absolute atomic E-state index is 0. The first-order valence-electron chi connectivity index (χ1n) is 9.67. The molecule has 0 aliphatic rings. The number of aliphatic hydroxyl groups is 1. The van der Waals surface area contributed by atoms with Crippen LogP contribution in [0, 0.1) is 6.07 Å². The molecule has 0 unspecified atom stereocenters. The Morgan fingerprint density at radius 3 is 2.47 bits per heavy atom. The van der Waals surface area contributed by atoms with Gasteiger partial charge in [0.25, 0.3) is 0 Å². The average Bonchev–Trinajstić information content (AvgIpc) is 2.72. The van der Waals surface area contributed by atoms with E-state index in [-0.39, 0.29) is 31.6 Å². The van der Waals surface area contributed by atoms with Gasteiger partial charge >= 0.3 is 5.78 Å². The largest absolute Gasteiger partial charge is 0.512 e. The van der Waals surface area contributed by atoms with E-state index in [0.717, 1.165) is 17.7 Å². The number of pyridine rings is 1. The summed E-state index contributed by atoms with van der Waals surface area (Å²) in [5, 5.41) is 13.4. The van der Waals surface area contributed by atoms with Gasteiger partial charge in [0.05, 0.1) is 18.8 Å². The van der Waals surface area contributed by atoms with Crippen LogP contribution in [0.25, 0.3) is 32.8 Å². The number of fused-ring (bicyclic) bond motifs is 3. The van der Waals surface area contributed by atoms with Gasteiger partial charge in [-0.3, -0.25) is 4.79 Å². The maximum Gasteiger partial charge on any atom is 0.316 e. The Balaban J connectivity index is 0.000000350. The molecule has 4 aromatic rings. The van der Waals surface area contributed by atoms with E-state index in [9.17, 15) is 0 Å². The van der Waals surface area contributed by atoms with Crippen LogP contribution in [0.15, 0.2) is 78.7 Å². The van der Waals surface area contributed by atoms with Crippen molar-refractivity contribution in [3.63, 3.8) is 0 Å². The fraction of sp³-hybridized carbons (Fsp3) is 0.154. The molecule has 3 nitrogen and oxygen atoms in total. The molecular weight excluding hydrogens is 551 g/mol. The molecule has 30 heavy (non-hydrogen) atoms. The summed E-state index contributed by atoms with van der Waals surface area (Å²) >= 11 is 0. The molecule has 1 heterocycles. The van der Waals surface area contributed by atoms with Crippen molar-refractivity contribution in [2.75, 3.05) is 0 Å². The first-order valence-corrected chi connectivity index (χ1v) is 9.67. The summed E-state index contributed by atoms with van der Waals surface area (Å²) in [6.45, 7) is 5.17. The number of hydrogen-bond donors (Lipinski definition) is 1. The summed E-state index contributed by atoms with van der Waals surface area (Å²) in [7, 11) is 0. The van der Waals surface area contributed by atoms with Crippen LogP contribution in [0.2, 0.25) is 0 Å². The zero-order valence-corrected chi connectivity index (χ0v) is 19.7. The Hall–Kier alpha value is -2.81. The normalized spacial score (nSPS) is 10.8. The Morgan fingerprint density at radius 1 is 1.03 bits per heavy atom. The summed E-state index contributed by atoms with van der Waals surface area (Å²) in [5.41, 5.74) is 3.40. The van der Waals surface area contributed by atoms with E-state index in [1.165, 1.54) is 47.0 Å². The molecule has 0 amide bonds. The van der Waals surface area contributed by atoms with Gasteiger partial charge in [0, 0.05) is 26.3 Å². The molecule has 4 rings (SSSR count). The van der Waals surface area contributed by atoms with Crippen molar-refractivity contribution in [1.29, 1.82) is 0 Å². The van der Waals surface area contributed by atoms with Crippen LogP contribution in [0.3, 0.4) is 0 Å². The first kappa shape index (κ1) is 23.5. The third kappa shape index (κ3) is 5.62. The number of carbonyl (C=O) groups excluding carboxylic acids is 1. The van der Waals surface area contributed by atoms with Crippen LogP contribution in [-0.2, 0) is 26.5 Å². The monoisotopic (exact) mass is 576 g/mol. The van der Waals surface area contributed by atoms with Gasteiger partial charge in [-0.15, -0.1) is 35.4 Å². The van der Waals surface area contributed by atoms with E-state index < -0.39 is 0 Å². The van der Waals surface area contributed by atoms with Crippen LogP contribution in [-0.4, -0.2) is 20.7 Å². The second-order valence-electron chi connectivity index (χ2n) is 6.93. The van der Waals surface area contributed by atoms with E-state index in [1.807, 2.05) is 12.3 Å². The average molecular weight is 576 g/mol. The van der Waals surface area contributed by atoms with Crippen molar-refractivity contribution in [2.45, 2.75) is 27.2 Å². The molecular formula is C26H25IrNO2. The van der Waals surface area contributed by atoms with Crippen molar-refractivity contribution >= 4 is 27.3 Å². The second kappa shape index (κ2) is 10.8. The number of ketones is 1. The zero-order valence-electron chi connectivity index (χ0n) is 17.3. The maximum atomic E-state index is 8.40. The first-order chi connectivity index (χ1) is 14.0. The number of hydrogen-bond acceptors (Lipinski definition) is 2. The molecule has 0 spiro atoms. The van der Waals surface area contributed by atoms with Crippen LogP contribution >= 0.6 is 0 Å². The van der Waals surface area contributed by atoms with Crippen LogP contribution < -0.4 is 0 Å². The summed E-state index contributed by atoms with van der Waals surface area (Å²) in [6.07, 6.45) is 4.20. The van der Waals surface area contributed by atoms with Crippen molar-refractivity contribution in [3.8, 4) is 11.3 Å². The number of benzene rings is 3. The molecule has 1 aromatic heterocycles. The Labute approximate surface area is 190 Å². The van der Waals surface area contributed by atoms with E-state index >= 15 is 0 Å². The predicted octanol–water partition coefficient (Wildman–Crippen LogP) is 6.43. The number of allylic oxidation sites excluding steroid dienone is 2. The molecule has 155 valence electrons. The van der Waals surface area contributed by atoms with E-state index in [4.69, 9.17) is 9.90 Å². The van der Waals surface area contributed by atoms with Crippen molar-refractivity contribution in [2.24, 2.45) is 0 Å². The third-order valence-corrected chi connectivity index (χ3v) is 4.62. The van der Waals surface area contributed by atoms with E-state index in [1.54, 1.807) is 0 Å². The molecule has 2 N–H and O–H groups in total. The molecule has 0 bridgehead atoms. The third-order valence-electron chi connectivity index (χ3n) is 4.62. The number of aryl methyl sites for hydroxylation is 1. The van der Waals surface area contributed by atoms with Gasteiger partial charge in [-0.25, -0.2) is 0 Å². The van der Waals surface area contributed by atoms with Crippen molar-refractivity contribution in [3.05, 3.63) is 90.3 Å². The minimum Gasteiger partial charge on any atom is -0.512 e.